The number of aromatic nitrogens is 1. The molecule has 7 heteroatoms. The molecule has 1 N–H and O–H groups in total. The van der Waals surface area contributed by atoms with Crippen LogP contribution in [0.2, 0.25) is 0 Å². The summed E-state index contributed by atoms with van der Waals surface area (Å²) >= 11 is 1.35. The summed E-state index contributed by atoms with van der Waals surface area (Å²) in [5.74, 6) is 0.546. The van der Waals surface area contributed by atoms with Gasteiger partial charge in [-0.05, 0) is 31.2 Å². The van der Waals surface area contributed by atoms with Gasteiger partial charge in [0.2, 0.25) is 11.8 Å². The number of anilines is 1. The topological polar surface area (TPSA) is 63.6 Å². The van der Waals surface area contributed by atoms with Crippen molar-refractivity contribution in [1.29, 1.82) is 0 Å². The molecule has 0 unspecified atom stereocenters. The molecule has 2 heterocycles. The van der Waals surface area contributed by atoms with Gasteiger partial charge in [0.15, 0.2) is 0 Å². The van der Waals surface area contributed by atoms with Crippen molar-refractivity contribution >= 4 is 51.1 Å². The van der Waals surface area contributed by atoms with Gasteiger partial charge < -0.3 is 19.5 Å². The largest absolute Gasteiger partial charge is 0.378 e. The van der Waals surface area contributed by atoms with E-state index in [1.54, 1.807) is 4.90 Å². The minimum absolute atomic E-state index is 0.0693. The van der Waals surface area contributed by atoms with E-state index >= 15 is 0 Å². The number of thioether (sulfide) groups is 1. The van der Waals surface area contributed by atoms with Crippen LogP contribution < -0.4 is 5.32 Å². The molecule has 0 atom stereocenters. The third kappa shape index (κ3) is 4.26. The summed E-state index contributed by atoms with van der Waals surface area (Å²) in [6.45, 7) is 5.48. The van der Waals surface area contributed by atoms with Crippen LogP contribution in [0.25, 0.3) is 21.8 Å². The highest BCUT2D eigenvalue weighted by molar-refractivity contribution is 8.00. The summed E-state index contributed by atoms with van der Waals surface area (Å²) < 4.78 is 7.54. The van der Waals surface area contributed by atoms with Gasteiger partial charge in [-0.25, -0.2) is 0 Å². The van der Waals surface area contributed by atoms with Gasteiger partial charge in [0.1, 0.15) is 0 Å². The molecule has 29 heavy (non-hydrogen) atoms. The Labute approximate surface area is 174 Å². The number of fused-ring (bicyclic) bond motifs is 3. The quantitative estimate of drug-likeness (QED) is 0.676. The molecule has 3 aromatic rings. The summed E-state index contributed by atoms with van der Waals surface area (Å²) in [4.78, 5) is 26.3. The molecule has 152 valence electrons. The fourth-order valence-electron chi connectivity index (χ4n) is 3.80. The SMILES string of the molecule is CCn1c2ccccc2c2cc(NC(=O)CSCC(=O)N3CCOCC3)ccc21. The number of nitrogens with zero attached hydrogens (tertiary/aromatic N) is 2. The number of rotatable bonds is 6. The van der Waals surface area contributed by atoms with Crippen LogP contribution in [0.4, 0.5) is 5.69 Å². The van der Waals surface area contributed by atoms with E-state index in [1.165, 1.54) is 22.7 Å². The van der Waals surface area contributed by atoms with Gasteiger partial charge in [-0.15, -0.1) is 11.8 Å². The molecule has 0 spiro atoms. The monoisotopic (exact) mass is 411 g/mol. The number of morpholine rings is 1. The third-order valence-corrected chi connectivity index (χ3v) is 6.11. The van der Waals surface area contributed by atoms with Crippen LogP contribution in [0.3, 0.4) is 0 Å². The second-order valence-electron chi connectivity index (χ2n) is 7.03. The van der Waals surface area contributed by atoms with E-state index in [0.29, 0.717) is 32.1 Å². The van der Waals surface area contributed by atoms with Crippen LogP contribution in [0.5, 0.6) is 0 Å². The summed E-state index contributed by atoms with van der Waals surface area (Å²) in [6.07, 6.45) is 0. The molecule has 4 rings (SSSR count). The minimum Gasteiger partial charge on any atom is -0.378 e. The Morgan fingerprint density at radius 3 is 2.59 bits per heavy atom. The Kier molecular flexibility index (Phi) is 6.06. The van der Waals surface area contributed by atoms with Gasteiger partial charge in [0, 0.05) is 47.1 Å². The number of amides is 2. The molecule has 1 aliphatic rings. The van der Waals surface area contributed by atoms with Gasteiger partial charge in [-0.2, -0.15) is 0 Å². The fraction of sp³-hybridized carbons (Fsp3) is 0.364. The third-order valence-electron chi connectivity index (χ3n) is 5.19. The highest BCUT2D eigenvalue weighted by Crippen LogP contribution is 2.31. The number of ether oxygens (including phenoxy) is 1. The van der Waals surface area contributed by atoms with E-state index in [2.05, 4.69) is 35.0 Å². The lowest BCUT2D eigenvalue weighted by Gasteiger charge is -2.26. The van der Waals surface area contributed by atoms with Crippen LogP contribution in [0.15, 0.2) is 42.5 Å². The molecule has 1 aliphatic heterocycles. The zero-order valence-electron chi connectivity index (χ0n) is 16.5. The lowest BCUT2D eigenvalue weighted by atomic mass is 10.1. The maximum absolute atomic E-state index is 12.3. The number of nitrogens with one attached hydrogen (secondary N) is 1. The summed E-state index contributed by atoms with van der Waals surface area (Å²) in [7, 11) is 0. The molecular weight excluding hydrogens is 386 g/mol. The molecule has 2 amide bonds. The Bertz CT molecular complexity index is 1040. The second-order valence-corrected chi connectivity index (χ2v) is 8.01. The Morgan fingerprint density at radius 2 is 1.79 bits per heavy atom. The average Bonchev–Trinajstić information content (AvgIpc) is 3.07. The van der Waals surface area contributed by atoms with Crippen LogP contribution in [0.1, 0.15) is 6.92 Å². The molecule has 0 aliphatic carbocycles. The van der Waals surface area contributed by atoms with Crippen LogP contribution in [-0.2, 0) is 20.9 Å². The van der Waals surface area contributed by atoms with Crippen molar-refractivity contribution in [2.24, 2.45) is 0 Å². The predicted octanol–water partition coefficient (Wildman–Crippen LogP) is 3.34. The van der Waals surface area contributed by atoms with Crippen molar-refractivity contribution in [2.75, 3.05) is 43.1 Å². The zero-order valence-corrected chi connectivity index (χ0v) is 17.3. The minimum atomic E-state index is -0.0941. The molecule has 2 aromatic carbocycles. The fourth-order valence-corrected chi connectivity index (χ4v) is 4.52. The summed E-state index contributed by atoms with van der Waals surface area (Å²) in [6, 6.07) is 14.4. The first-order valence-electron chi connectivity index (χ1n) is 9.91. The standard InChI is InChI=1S/C22H25N3O3S/c1-2-25-19-6-4-3-5-17(19)18-13-16(7-8-20(18)25)23-21(26)14-29-15-22(27)24-9-11-28-12-10-24/h3-8,13H,2,9-12,14-15H2,1H3,(H,23,26). The summed E-state index contributed by atoms with van der Waals surface area (Å²) in [5.41, 5.74) is 3.14. The van der Waals surface area contributed by atoms with Crippen LogP contribution in [0, 0.1) is 0 Å². The number of carbonyl (C=O) groups excluding carboxylic acids is 2. The van der Waals surface area contributed by atoms with Crippen molar-refractivity contribution in [2.45, 2.75) is 13.5 Å². The zero-order chi connectivity index (χ0) is 20.2. The van der Waals surface area contributed by atoms with E-state index in [4.69, 9.17) is 4.74 Å². The predicted molar refractivity (Wildman–Crippen MR) is 118 cm³/mol. The maximum atomic E-state index is 12.3. The molecular formula is C22H25N3O3S. The number of aryl methyl sites for hydroxylation is 1. The van der Waals surface area contributed by atoms with E-state index < -0.39 is 0 Å². The molecule has 1 aromatic heterocycles. The first-order chi connectivity index (χ1) is 14.2. The Balaban J connectivity index is 1.39. The summed E-state index contributed by atoms with van der Waals surface area (Å²) in [5, 5.41) is 5.29. The van der Waals surface area contributed by atoms with E-state index in [0.717, 1.165) is 23.1 Å². The van der Waals surface area contributed by atoms with Crippen molar-refractivity contribution < 1.29 is 14.3 Å². The first kappa shape index (κ1) is 19.8. The number of hydrogen-bond acceptors (Lipinski definition) is 4. The number of hydrogen-bond donors (Lipinski definition) is 1. The molecule has 1 fully saturated rings. The van der Waals surface area contributed by atoms with Gasteiger partial charge in [-0.3, -0.25) is 9.59 Å². The van der Waals surface area contributed by atoms with Gasteiger partial charge in [0.25, 0.3) is 0 Å². The lowest BCUT2D eigenvalue weighted by molar-refractivity contribution is -0.132. The Morgan fingerprint density at radius 1 is 1.03 bits per heavy atom. The van der Waals surface area contributed by atoms with Crippen molar-refractivity contribution in [3.05, 3.63) is 42.5 Å². The number of benzene rings is 2. The normalized spacial score (nSPS) is 14.4. The van der Waals surface area contributed by atoms with Crippen LogP contribution in [-0.4, -0.2) is 59.1 Å². The average molecular weight is 412 g/mol. The maximum Gasteiger partial charge on any atom is 0.234 e. The highest BCUT2D eigenvalue weighted by Gasteiger charge is 2.17. The van der Waals surface area contributed by atoms with Crippen molar-refractivity contribution in [3.8, 4) is 0 Å². The van der Waals surface area contributed by atoms with Gasteiger partial charge in [-0.1, -0.05) is 18.2 Å². The molecule has 1 saturated heterocycles. The van der Waals surface area contributed by atoms with Crippen molar-refractivity contribution in [3.63, 3.8) is 0 Å². The van der Waals surface area contributed by atoms with Crippen molar-refractivity contribution in [1.82, 2.24) is 9.47 Å². The number of para-hydroxylation sites is 1. The molecule has 0 radical (unpaired) electrons. The van der Waals surface area contributed by atoms with Gasteiger partial charge >= 0.3 is 0 Å². The Hall–Kier alpha value is -2.51. The highest BCUT2D eigenvalue weighted by atomic mass is 32.2. The molecule has 6 nitrogen and oxygen atoms in total. The smallest absolute Gasteiger partial charge is 0.234 e. The first-order valence-corrected chi connectivity index (χ1v) is 11.1. The number of carbonyl (C=O) groups is 2. The van der Waals surface area contributed by atoms with E-state index in [-0.39, 0.29) is 17.6 Å². The van der Waals surface area contributed by atoms with E-state index in [1.807, 2.05) is 24.3 Å². The van der Waals surface area contributed by atoms with E-state index in [9.17, 15) is 9.59 Å². The van der Waals surface area contributed by atoms with Gasteiger partial charge in [0.05, 0.1) is 24.7 Å². The van der Waals surface area contributed by atoms with Crippen LogP contribution >= 0.6 is 11.8 Å². The molecule has 0 saturated carbocycles. The molecule has 0 bridgehead atoms. The lowest BCUT2D eigenvalue weighted by Crippen LogP contribution is -2.41. The second kappa shape index (κ2) is 8.88.